The summed E-state index contributed by atoms with van der Waals surface area (Å²) in [6, 6.07) is 0. The van der Waals surface area contributed by atoms with E-state index in [1.807, 2.05) is 0 Å². The molecule has 4 nitrogen and oxygen atoms in total. The van der Waals surface area contributed by atoms with Crippen LogP contribution in [-0.2, 0) is 7.05 Å². The number of aromatic nitrogens is 2. The number of imidazole rings is 1. The molecule has 1 heterocycles. The van der Waals surface area contributed by atoms with E-state index in [1.165, 1.54) is 0 Å². The van der Waals surface area contributed by atoms with E-state index in [1.54, 1.807) is 17.8 Å². The highest BCUT2D eigenvalue weighted by Crippen LogP contribution is 1.98. The Labute approximate surface area is 52.3 Å². The zero-order valence-electron chi connectivity index (χ0n) is 5.03. The summed E-state index contributed by atoms with van der Waals surface area (Å²) in [6.45, 7) is 0. The summed E-state index contributed by atoms with van der Waals surface area (Å²) in [7, 11) is 1.72. The van der Waals surface area contributed by atoms with Crippen LogP contribution in [0.1, 0.15) is 10.6 Å². The molecule has 9 heavy (non-hydrogen) atoms. The predicted molar refractivity (Wildman–Crippen MR) is 33.0 cm³/mol. The van der Waals surface area contributed by atoms with Crippen molar-refractivity contribution in [1.82, 2.24) is 9.55 Å². The average molecular weight is 125 g/mol. The SMILES string of the molecule is Cn1cc(N)nc1C=O. The third-order valence-corrected chi connectivity index (χ3v) is 1.04. The molecule has 0 aliphatic rings. The lowest BCUT2D eigenvalue weighted by Gasteiger charge is -1.85. The Kier molecular flexibility index (Phi) is 1.22. The maximum absolute atomic E-state index is 10.1. The number of nitrogens with two attached hydrogens (primary N) is 1. The zero-order chi connectivity index (χ0) is 6.85. The van der Waals surface area contributed by atoms with Crippen LogP contribution in [0.25, 0.3) is 0 Å². The van der Waals surface area contributed by atoms with Crippen LogP contribution in [-0.4, -0.2) is 15.8 Å². The lowest BCUT2D eigenvalue weighted by Crippen LogP contribution is -1.92. The number of nitrogens with zero attached hydrogens (tertiary/aromatic N) is 2. The van der Waals surface area contributed by atoms with Gasteiger partial charge < -0.3 is 10.3 Å². The molecule has 0 aliphatic heterocycles. The molecule has 1 aromatic heterocycles. The molecule has 4 heteroatoms. The quantitative estimate of drug-likeness (QED) is 0.529. The first-order valence-corrected chi connectivity index (χ1v) is 2.48. The third kappa shape index (κ3) is 0.910. The molecule has 48 valence electrons. The third-order valence-electron chi connectivity index (χ3n) is 1.04. The van der Waals surface area contributed by atoms with Crippen molar-refractivity contribution in [2.75, 3.05) is 5.73 Å². The molecular formula is C5H7N3O. The Balaban J connectivity index is 3.15. The summed E-state index contributed by atoms with van der Waals surface area (Å²) in [5.41, 5.74) is 5.26. The summed E-state index contributed by atoms with van der Waals surface area (Å²) < 4.78 is 1.57. The summed E-state index contributed by atoms with van der Waals surface area (Å²) in [5.74, 6) is 0.729. The fourth-order valence-corrected chi connectivity index (χ4v) is 0.614. The van der Waals surface area contributed by atoms with Crippen molar-refractivity contribution in [3.05, 3.63) is 12.0 Å². The summed E-state index contributed by atoms with van der Waals surface area (Å²) >= 11 is 0. The van der Waals surface area contributed by atoms with Crippen LogP contribution in [0.2, 0.25) is 0 Å². The lowest BCUT2D eigenvalue weighted by molar-refractivity contribution is 0.111. The van der Waals surface area contributed by atoms with Crippen molar-refractivity contribution < 1.29 is 4.79 Å². The molecule has 1 rings (SSSR count). The lowest BCUT2D eigenvalue weighted by atomic mass is 10.7. The van der Waals surface area contributed by atoms with Crippen molar-refractivity contribution >= 4 is 12.1 Å². The van der Waals surface area contributed by atoms with Gasteiger partial charge in [-0.3, -0.25) is 4.79 Å². The number of anilines is 1. The molecule has 2 N–H and O–H groups in total. The summed E-state index contributed by atoms with van der Waals surface area (Å²) in [6.07, 6.45) is 2.25. The highest BCUT2D eigenvalue weighted by molar-refractivity contribution is 5.70. The standard InChI is InChI=1S/C5H7N3O/c1-8-2-4(6)7-5(8)3-9/h2-3H,6H2,1H3. The molecule has 0 bridgehead atoms. The topological polar surface area (TPSA) is 60.9 Å². The molecular weight excluding hydrogens is 118 g/mol. The molecule has 0 aliphatic carbocycles. The Bertz CT molecular complexity index is 228. The van der Waals surface area contributed by atoms with Crippen LogP contribution < -0.4 is 5.73 Å². The van der Waals surface area contributed by atoms with Gasteiger partial charge in [-0.15, -0.1) is 0 Å². The van der Waals surface area contributed by atoms with E-state index >= 15 is 0 Å². The fraction of sp³-hybridized carbons (Fsp3) is 0.200. The van der Waals surface area contributed by atoms with Crippen molar-refractivity contribution in [3.63, 3.8) is 0 Å². The van der Waals surface area contributed by atoms with E-state index in [2.05, 4.69) is 4.98 Å². The van der Waals surface area contributed by atoms with Crippen molar-refractivity contribution in [2.24, 2.45) is 7.05 Å². The largest absolute Gasteiger partial charge is 0.382 e. The number of carbonyl (C=O) groups excluding carboxylic acids is 1. The first kappa shape index (κ1) is 5.81. The Morgan fingerprint density at radius 3 is 2.78 bits per heavy atom. The van der Waals surface area contributed by atoms with E-state index in [0.717, 1.165) is 0 Å². The number of aryl methyl sites for hydroxylation is 1. The van der Waals surface area contributed by atoms with Crippen molar-refractivity contribution in [3.8, 4) is 0 Å². The Hall–Kier alpha value is -1.32. The van der Waals surface area contributed by atoms with Crippen LogP contribution in [0.3, 0.4) is 0 Å². The first-order chi connectivity index (χ1) is 4.24. The molecule has 0 aromatic carbocycles. The minimum absolute atomic E-state index is 0.354. The normalized spacial score (nSPS) is 9.44. The second kappa shape index (κ2) is 1.89. The Morgan fingerprint density at radius 2 is 2.56 bits per heavy atom. The molecule has 0 saturated heterocycles. The number of hydrogen-bond acceptors (Lipinski definition) is 3. The average Bonchev–Trinajstić information content (AvgIpc) is 2.10. The molecule has 0 unspecified atom stereocenters. The minimum atomic E-state index is 0.354. The molecule has 0 fully saturated rings. The number of hydrogen-bond donors (Lipinski definition) is 1. The molecule has 0 saturated carbocycles. The predicted octanol–water partition coefficient (Wildman–Crippen LogP) is -0.185. The maximum Gasteiger partial charge on any atom is 0.185 e. The molecule has 0 radical (unpaired) electrons. The maximum atomic E-state index is 10.1. The molecule has 1 aromatic rings. The monoisotopic (exact) mass is 125 g/mol. The van der Waals surface area contributed by atoms with Gasteiger partial charge in [-0.2, -0.15) is 0 Å². The fourth-order valence-electron chi connectivity index (χ4n) is 0.614. The molecule has 0 spiro atoms. The minimum Gasteiger partial charge on any atom is -0.382 e. The van der Waals surface area contributed by atoms with Gasteiger partial charge in [-0.05, 0) is 0 Å². The van der Waals surface area contributed by atoms with E-state index in [-0.39, 0.29) is 0 Å². The van der Waals surface area contributed by atoms with Crippen LogP contribution >= 0.6 is 0 Å². The number of rotatable bonds is 1. The highest BCUT2D eigenvalue weighted by Gasteiger charge is 1.97. The summed E-state index contributed by atoms with van der Waals surface area (Å²) in [5, 5.41) is 0. The van der Waals surface area contributed by atoms with Crippen LogP contribution in [0.5, 0.6) is 0 Å². The van der Waals surface area contributed by atoms with Gasteiger partial charge in [0.05, 0.1) is 0 Å². The molecule has 0 atom stereocenters. The number of aldehydes is 1. The van der Waals surface area contributed by atoms with Gasteiger partial charge in [0.25, 0.3) is 0 Å². The van der Waals surface area contributed by atoms with Crippen molar-refractivity contribution in [2.45, 2.75) is 0 Å². The number of carbonyl (C=O) groups is 1. The smallest absolute Gasteiger partial charge is 0.185 e. The van der Waals surface area contributed by atoms with Gasteiger partial charge in [0.15, 0.2) is 12.1 Å². The van der Waals surface area contributed by atoms with E-state index < -0.39 is 0 Å². The van der Waals surface area contributed by atoms with Gasteiger partial charge in [0.2, 0.25) is 0 Å². The van der Waals surface area contributed by atoms with E-state index in [4.69, 9.17) is 5.73 Å². The first-order valence-electron chi connectivity index (χ1n) is 2.48. The van der Waals surface area contributed by atoms with Crippen LogP contribution in [0, 0.1) is 0 Å². The van der Waals surface area contributed by atoms with E-state index in [0.29, 0.717) is 17.9 Å². The van der Waals surface area contributed by atoms with Crippen LogP contribution in [0.4, 0.5) is 5.82 Å². The molecule has 0 amide bonds. The van der Waals surface area contributed by atoms with E-state index in [9.17, 15) is 4.79 Å². The summed E-state index contributed by atoms with van der Waals surface area (Å²) in [4.78, 5) is 13.8. The highest BCUT2D eigenvalue weighted by atomic mass is 16.1. The van der Waals surface area contributed by atoms with Crippen LogP contribution in [0.15, 0.2) is 6.20 Å². The Morgan fingerprint density at radius 1 is 1.89 bits per heavy atom. The number of nitrogen functional groups attached to an aromatic ring is 1. The second-order valence-corrected chi connectivity index (χ2v) is 1.75. The van der Waals surface area contributed by atoms with Crippen molar-refractivity contribution in [1.29, 1.82) is 0 Å². The van der Waals surface area contributed by atoms with Gasteiger partial charge in [0, 0.05) is 13.2 Å². The van der Waals surface area contributed by atoms with Gasteiger partial charge in [0.1, 0.15) is 5.82 Å². The zero-order valence-corrected chi connectivity index (χ0v) is 5.03. The van der Waals surface area contributed by atoms with Gasteiger partial charge in [-0.1, -0.05) is 0 Å². The second-order valence-electron chi connectivity index (χ2n) is 1.75. The van der Waals surface area contributed by atoms with Gasteiger partial charge >= 0.3 is 0 Å². The van der Waals surface area contributed by atoms with Gasteiger partial charge in [-0.25, -0.2) is 4.98 Å².